The van der Waals surface area contributed by atoms with Gasteiger partial charge in [-0.25, -0.2) is 0 Å². The summed E-state index contributed by atoms with van der Waals surface area (Å²) in [6, 6.07) is 0.441. The Bertz CT molecular complexity index is 237. The smallest absolute Gasteiger partial charge is 0.233 e. The van der Waals surface area contributed by atoms with Gasteiger partial charge >= 0.3 is 0 Å². The van der Waals surface area contributed by atoms with E-state index in [0.717, 1.165) is 0 Å². The van der Waals surface area contributed by atoms with E-state index in [1.165, 1.54) is 38.9 Å². The second kappa shape index (κ2) is 8.48. The Morgan fingerprint density at radius 3 is 2.56 bits per heavy atom. The van der Waals surface area contributed by atoms with Crippen LogP contribution in [0.5, 0.6) is 0 Å². The molecule has 1 atom stereocenters. The highest BCUT2D eigenvalue weighted by Gasteiger charge is 2.23. The zero-order valence-corrected chi connectivity index (χ0v) is 12.2. The third kappa shape index (κ3) is 5.36. The van der Waals surface area contributed by atoms with Gasteiger partial charge < -0.3 is 15.5 Å². The Hall–Kier alpha value is -0.610. The fraction of sp³-hybridized carbons (Fsp3) is 0.929. The topological polar surface area (TPSA) is 44.4 Å². The normalized spacial score (nSPS) is 19.7. The van der Waals surface area contributed by atoms with Crippen LogP contribution in [0, 0.1) is 5.92 Å². The molecule has 1 aliphatic rings. The minimum absolute atomic E-state index is 0.104. The molecule has 1 unspecified atom stereocenters. The summed E-state index contributed by atoms with van der Waals surface area (Å²) in [4.78, 5) is 13.9. The van der Waals surface area contributed by atoms with Gasteiger partial charge in [0.05, 0.1) is 6.54 Å². The molecule has 1 saturated heterocycles. The summed E-state index contributed by atoms with van der Waals surface area (Å²) in [5.74, 6) is 0.820. The van der Waals surface area contributed by atoms with Gasteiger partial charge in [-0.3, -0.25) is 4.79 Å². The van der Waals surface area contributed by atoms with Crippen LogP contribution in [0.2, 0.25) is 0 Å². The number of hydrogen-bond donors (Lipinski definition) is 2. The first-order valence-electron chi connectivity index (χ1n) is 7.39. The van der Waals surface area contributed by atoms with Gasteiger partial charge in [0.25, 0.3) is 0 Å². The predicted molar refractivity (Wildman–Crippen MR) is 75.6 cm³/mol. The number of nitrogens with one attached hydrogen (secondary N) is 2. The molecule has 106 valence electrons. The highest BCUT2D eigenvalue weighted by molar-refractivity contribution is 5.77. The van der Waals surface area contributed by atoms with Crippen LogP contribution in [0.25, 0.3) is 0 Å². The largest absolute Gasteiger partial charge is 0.355 e. The van der Waals surface area contributed by atoms with Gasteiger partial charge in [0.1, 0.15) is 0 Å². The molecule has 2 N–H and O–H groups in total. The van der Waals surface area contributed by atoms with E-state index in [-0.39, 0.29) is 5.91 Å². The Morgan fingerprint density at radius 1 is 1.33 bits per heavy atom. The van der Waals surface area contributed by atoms with Gasteiger partial charge in [-0.2, -0.15) is 0 Å². The molecule has 0 aliphatic carbocycles. The van der Waals surface area contributed by atoms with E-state index < -0.39 is 0 Å². The minimum atomic E-state index is 0.104. The number of piperidine rings is 1. The maximum atomic E-state index is 11.4. The van der Waals surface area contributed by atoms with Gasteiger partial charge in [-0.1, -0.05) is 6.92 Å². The molecule has 0 saturated carbocycles. The number of likely N-dealkylation sites (tertiary alicyclic amines) is 1. The molecule has 1 aliphatic heterocycles. The molecular weight excluding hydrogens is 226 g/mol. The summed E-state index contributed by atoms with van der Waals surface area (Å²) in [7, 11) is 0. The lowest BCUT2D eigenvalue weighted by Crippen LogP contribution is -2.45. The number of rotatable bonds is 7. The lowest BCUT2D eigenvalue weighted by Gasteiger charge is -2.35. The number of carbonyl (C=O) groups is 1. The molecule has 1 amide bonds. The Labute approximate surface area is 111 Å². The standard InChI is InChI=1S/C14H29N3O/c1-4-8-17-9-6-13(7-10-17)12(3)16-11-14(18)15-5-2/h12-13,16H,4-11H2,1-3H3,(H,15,18). The fourth-order valence-electron chi connectivity index (χ4n) is 2.67. The third-order valence-corrected chi connectivity index (χ3v) is 3.84. The molecule has 1 heterocycles. The van der Waals surface area contributed by atoms with Crippen LogP contribution in [0.1, 0.15) is 40.0 Å². The van der Waals surface area contributed by atoms with Crippen molar-refractivity contribution in [3.8, 4) is 0 Å². The van der Waals surface area contributed by atoms with E-state index in [9.17, 15) is 4.79 Å². The average molecular weight is 255 g/mol. The summed E-state index contributed by atoms with van der Waals surface area (Å²) < 4.78 is 0. The molecule has 4 heteroatoms. The van der Waals surface area contributed by atoms with Gasteiger partial charge in [-0.15, -0.1) is 0 Å². The third-order valence-electron chi connectivity index (χ3n) is 3.84. The van der Waals surface area contributed by atoms with Gasteiger partial charge in [0.15, 0.2) is 0 Å². The fourth-order valence-corrected chi connectivity index (χ4v) is 2.67. The molecule has 18 heavy (non-hydrogen) atoms. The van der Waals surface area contributed by atoms with Gasteiger partial charge in [0, 0.05) is 12.6 Å². The summed E-state index contributed by atoms with van der Waals surface area (Å²) >= 11 is 0. The molecule has 0 bridgehead atoms. The van der Waals surface area contributed by atoms with Crippen molar-refractivity contribution in [3.05, 3.63) is 0 Å². The molecule has 1 fully saturated rings. The van der Waals surface area contributed by atoms with Crippen LogP contribution in [0.3, 0.4) is 0 Å². The maximum absolute atomic E-state index is 11.4. The number of amides is 1. The van der Waals surface area contributed by atoms with Crippen LogP contribution in [0.4, 0.5) is 0 Å². The van der Waals surface area contributed by atoms with Crippen LogP contribution in [-0.2, 0) is 4.79 Å². The van der Waals surface area contributed by atoms with Crippen molar-refractivity contribution in [1.82, 2.24) is 15.5 Å². The quantitative estimate of drug-likeness (QED) is 0.719. The Kier molecular flexibility index (Phi) is 7.28. The predicted octanol–water partition coefficient (Wildman–Crippen LogP) is 1.22. The van der Waals surface area contributed by atoms with Crippen molar-refractivity contribution in [2.24, 2.45) is 5.92 Å². The van der Waals surface area contributed by atoms with E-state index >= 15 is 0 Å². The summed E-state index contributed by atoms with van der Waals surface area (Å²) in [6.07, 6.45) is 3.75. The molecular formula is C14H29N3O. The summed E-state index contributed by atoms with van der Waals surface area (Å²) in [5.41, 5.74) is 0. The molecule has 4 nitrogen and oxygen atoms in total. The molecule has 0 aromatic heterocycles. The summed E-state index contributed by atoms with van der Waals surface area (Å²) in [6.45, 7) is 11.2. The van der Waals surface area contributed by atoms with E-state index in [1.807, 2.05) is 6.92 Å². The van der Waals surface area contributed by atoms with Gasteiger partial charge in [-0.05, 0) is 58.7 Å². The van der Waals surface area contributed by atoms with Crippen molar-refractivity contribution >= 4 is 5.91 Å². The van der Waals surface area contributed by atoms with Crippen molar-refractivity contribution in [1.29, 1.82) is 0 Å². The minimum Gasteiger partial charge on any atom is -0.355 e. The molecule has 0 spiro atoms. The monoisotopic (exact) mass is 255 g/mol. The first-order valence-corrected chi connectivity index (χ1v) is 7.39. The van der Waals surface area contributed by atoms with E-state index in [2.05, 4.69) is 29.4 Å². The van der Waals surface area contributed by atoms with E-state index in [1.54, 1.807) is 0 Å². The maximum Gasteiger partial charge on any atom is 0.233 e. The zero-order chi connectivity index (χ0) is 13.4. The highest BCUT2D eigenvalue weighted by atomic mass is 16.1. The number of hydrogen-bond acceptors (Lipinski definition) is 3. The molecule has 0 aromatic rings. The second-order valence-corrected chi connectivity index (χ2v) is 5.30. The Balaban J connectivity index is 2.19. The van der Waals surface area contributed by atoms with Crippen LogP contribution in [0.15, 0.2) is 0 Å². The molecule has 0 aromatic carbocycles. The average Bonchev–Trinajstić information content (AvgIpc) is 2.37. The molecule has 1 rings (SSSR count). The van der Waals surface area contributed by atoms with Crippen molar-refractivity contribution in [2.75, 3.05) is 32.7 Å². The summed E-state index contributed by atoms with van der Waals surface area (Å²) in [5, 5.41) is 6.17. The number of nitrogens with zero attached hydrogens (tertiary/aromatic N) is 1. The first kappa shape index (κ1) is 15.4. The lowest BCUT2D eigenvalue weighted by atomic mass is 9.90. The van der Waals surface area contributed by atoms with Crippen molar-refractivity contribution in [2.45, 2.75) is 46.1 Å². The van der Waals surface area contributed by atoms with E-state index in [0.29, 0.717) is 25.0 Å². The van der Waals surface area contributed by atoms with Crippen molar-refractivity contribution in [3.63, 3.8) is 0 Å². The van der Waals surface area contributed by atoms with Crippen molar-refractivity contribution < 1.29 is 4.79 Å². The number of carbonyl (C=O) groups excluding carboxylic acids is 1. The van der Waals surface area contributed by atoms with Crippen LogP contribution >= 0.6 is 0 Å². The lowest BCUT2D eigenvalue weighted by molar-refractivity contribution is -0.120. The van der Waals surface area contributed by atoms with Crippen LogP contribution < -0.4 is 10.6 Å². The van der Waals surface area contributed by atoms with E-state index in [4.69, 9.17) is 0 Å². The first-order chi connectivity index (χ1) is 8.67. The zero-order valence-electron chi connectivity index (χ0n) is 12.2. The SMILES string of the molecule is CCCN1CCC(C(C)NCC(=O)NCC)CC1. The Morgan fingerprint density at radius 2 is 2.00 bits per heavy atom. The number of likely N-dealkylation sites (N-methyl/N-ethyl adjacent to an activating group) is 1. The van der Waals surface area contributed by atoms with Gasteiger partial charge in [0.2, 0.25) is 5.91 Å². The second-order valence-electron chi connectivity index (χ2n) is 5.30. The molecule has 0 radical (unpaired) electrons. The van der Waals surface area contributed by atoms with Crippen LogP contribution in [-0.4, -0.2) is 49.6 Å². The highest BCUT2D eigenvalue weighted by Crippen LogP contribution is 2.20.